The normalized spacial score (nSPS) is 13.8. The molecule has 4 nitrogen and oxygen atoms in total. The summed E-state index contributed by atoms with van der Waals surface area (Å²) in [5.41, 5.74) is 7.42. The summed E-state index contributed by atoms with van der Waals surface area (Å²) >= 11 is 0. The van der Waals surface area contributed by atoms with Crippen molar-refractivity contribution in [1.29, 1.82) is 0 Å². The van der Waals surface area contributed by atoms with Crippen LogP contribution >= 0.6 is 0 Å². The van der Waals surface area contributed by atoms with Gasteiger partial charge >= 0.3 is 0 Å². The average Bonchev–Trinajstić information content (AvgIpc) is 3.15. The van der Waals surface area contributed by atoms with Gasteiger partial charge in [0.05, 0.1) is 11.4 Å². The van der Waals surface area contributed by atoms with Crippen LogP contribution in [0.4, 0.5) is 43.2 Å². The molecule has 9 rings (SSSR count). The highest BCUT2D eigenvalue weighted by Gasteiger charge is 2.34. The molecule has 0 N–H and O–H groups in total. The highest BCUT2D eigenvalue weighted by molar-refractivity contribution is 6.30. The molecule has 8 aromatic rings. The molecule has 2 heterocycles. The molecule has 0 unspecified atom stereocenters. The van der Waals surface area contributed by atoms with E-state index >= 15 is 0 Å². The highest BCUT2D eigenvalue weighted by atomic mass is 19.1. The summed E-state index contributed by atoms with van der Waals surface area (Å²) in [7, 11) is 0. The lowest BCUT2D eigenvalue weighted by atomic mass is 9.70. The molecule has 6 heteroatoms. The van der Waals surface area contributed by atoms with Crippen LogP contribution in [0.3, 0.4) is 0 Å². The maximum absolute atomic E-state index is 14.4. The lowest BCUT2D eigenvalue weighted by Crippen LogP contribution is -2.24. The lowest BCUT2D eigenvalue weighted by molar-refractivity contribution is 0.475. The van der Waals surface area contributed by atoms with Gasteiger partial charge in [-0.1, -0.05) is 52.0 Å². The van der Waals surface area contributed by atoms with Crippen molar-refractivity contribution < 1.29 is 8.78 Å². The predicted octanol–water partition coefficient (Wildman–Crippen LogP) is 12.9. The second-order valence-electron chi connectivity index (χ2n) is 14.8. The van der Waals surface area contributed by atoms with Gasteiger partial charge in [-0.25, -0.2) is 18.7 Å². The first-order chi connectivity index (χ1) is 25.2. The van der Waals surface area contributed by atoms with Gasteiger partial charge in [0, 0.05) is 39.9 Å². The molecule has 1 aliphatic carbocycles. The molecule has 52 heavy (non-hydrogen) atoms. The Morgan fingerprint density at radius 2 is 1.15 bits per heavy atom. The minimum atomic E-state index is -0.284. The fraction of sp³-hybridized carbons (Fsp3) is 0.174. The molecule has 0 fully saturated rings. The molecule has 0 spiro atoms. The summed E-state index contributed by atoms with van der Waals surface area (Å²) in [6, 6.07) is 36.8. The zero-order valence-electron chi connectivity index (χ0n) is 29.7. The van der Waals surface area contributed by atoms with E-state index in [2.05, 4.69) is 67.8 Å². The van der Waals surface area contributed by atoms with Gasteiger partial charge in [0.2, 0.25) is 0 Å². The molecule has 256 valence electrons. The Balaban J connectivity index is 1.46. The van der Waals surface area contributed by atoms with Crippen LogP contribution in [0.2, 0.25) is 0 Å². The van der Waals surface area contributed by atoms with Crippen molar-refractivity contribution in [2.24, 2.45) is 0 Å². The maximum atomic E-state index is 14.4. The van der Waals surface area contributed by atoms with Crippen LogP contribution in [0.15, 0.2) is 128 Å². The Labute approximate surface area is 302 Å². The van der Waals surface area contributed by atoms with Crippen LogP contribution in [-0.2, 0) is 11.8 Å². The molecule has 0 aliphatic heterocycles. The minimum Gasteiger partial charge on any atom is -0.294 e. The van der Waals surface area contributed by atoms with Crippen LogP contribution < -0.4 is 9.80 Å². The number of benzene rings is 6. The fourth-order valence-electron chi connectivity index (χ4n) is 8.28. The Morgan fingerprint density at radius 1 is 0.596 bits per heavy atom. The number of hydrogen-bond acceptors (Lipinski definition) is 4. The number of aromatic nitrogens is 2. The van der Waals surface area contributed by atoms with E-state index in [-0.39, 0.29) is 23.0 Å². The molecular formula is C46H38F2N4. The molecule has 2 aromatic heterocycles. The van der Waals surface area contributed by atoms with Crippen LogP contribution in [0.1, 0.15) is 56.7 Å². The molecule has 0 radical (unpaired) electrons. The number of hydrogen-bond donors (Lipinski definition) is 0. The van der Waals surface area contributed by atoms with Crippen LogP contribution in [0, 0.1) is 11.6 Å². The van der Waals surface area contributed by atoms with Gasteiger partial charge < -0.3 is 0 Å². The molecule has 0 atom stereocenters. The van der Waals surface area contributed by atoms with Gasteiger partial charge in [0.15, 0.2) is 0 Å². The summed E-state index contributed by atoms with van der Waals surface area (Å²) in [5, 5.41) is 7.16. The molecule has 0 bridgehead atoms. The van der Waals surface area contributed by atoms with Gasteiger partial charge in [0.1, 0.15) is 23.3 Å². The lowest BCUT2D eigenvalue weighted by Gasteiger charge is -2.37. The van der Waals surface area contributed by atoms with Crippen molar-refractivity contribution >= 4 is 66.7 Å². The van der Waals surface area contributed by atoms with Crippen molar-refractivity contribution in [2.45, 2.75) is 51.9 Å². The van der Waals surface area contributed by atoms with Crippen molar-refractivity contribution in [3.05, 3.63) is 156 Å². The highest BCUT2D eigenvalue weighted by Crippen LogP contribution is 2.54. The van der Waals surface area contributed by atoms with Crippen molar-refractivity contribution in [1.82, 2.24) is 9.97 Å². The number of nitrogens with zero attached hydrogens (tertiary/aromatic N) is 4. The van der Waals surface area contributed by atoms with Crippen LogP contribution in [-0.4, -0.2) is 9.97 Å². The Bertz CT molecular complexity index is 2580. The molecule has 0 saturated heterocycles. The SMILES string of the molecule is CC(C)c1cc(N(c2ccc(F)cc2)c2ccccn2)c2cc3c4c(cc(N(c5ccc(F)cc5)c5ccccn5)c5ccc1c2c54)CCC3(C)C. The van der Waals surface area contributed by atoms with Gasteiger partial charge in [-0.15, -0.1) is 0 Å². The summed E-state index contributed by atoms with van der Waals surface area (Å²) in [5.74, 6) is 1.16. The zero-order valence-corrected chi connectivity index (χ0v) is 29.7. The minimum absolute atomic E-state index is 0.0847. The van der Waals surface area contributed by atoms with Crippen LogP contribution in [0.25, 0.3) is 32.3 Å². The van der Waals surface area contributed by atoms with Gasteiger partial charge in [-0.3, -0.25) is 9.80 Å². The topological polar surface area (TPSA) is 32.3 Å². The quantitative estimate of drug-likeness (QED) is 0.156. The molecule has 1 aliphatic rings. The largest absolute Gasteiger partial charge is 0.294 e. The van der Waals surface area contributed by atoms with E-state index in [0.717, 1.165) is 58.0 Å². The standard InChI is InChI=1S/C46H38F2N4/c1-28(2)36-27-40(52(42-10-6-8-24-50-42)33-17-13-31(48)14-18-33)37-26-38-43-29(21-22-46(38,3)4)25-39(35-20-19-34(36)44(37)45(35)43)51(41-9-5-7-23-49-41)32-15-11-30(47)12-16-32/h5-20,23-28H,21-22H2,1-4H3. The van der Waals surface area contributed by atoms with E-state index in [4.69, 9.17) is 9.97 Å². The Kier molecular flexibility index (Phi) is 7.47. The molecule has 6 aromatic carbocycles. The number of pyridine rings is 2. The maximum Gasteiger partial charge on any atom is 0.137 e. The summed E-state index contributed by atoms with van der Waals surface area (Å²) in [4.78, 5) is 14.0. The Hall–Kier alpha value is -5.88. The summed E-state index contributed by atoms with van der Waals surface area (Å²) in [6.07, 6.45) is 5.53. The number of anilines is 6. The molecule has 0 amide bonds. The van der Waals surface area contributed by atoms with Gasteiger partial charge in [-0.2, -0.15) is 0 Å². The average molecular weight is 685 g/mol. The van der Waals surface area contributed by atoms with Crippen molar-refractivity contribution in [2.75, 3.05) is 9.80 Å². The van der Waals surface area contributed by atoms with E-state index in [9.17, 15) is 8.78 Å². The molecular weight excluding hydrogens is 647 g/mol. The van der Waals surface area contributed by atoms with E-state index in [0.29, 0.717) is 0 Å². The first-order valence-electron chi connectivity index (χ1n) is 17.9. The third kappa shape index (κ3) is 5.08. The molecule has 0 saturated carbocycles. The van der Waals surface area contributed by atoms with Crippen molar-refractivity contribution in [3.8, 4) is 0 Å². The summed E-state index contributed by atoms with van der Waals surface area (Å²) < 4.78 is 28.7. The number of rotatable bonds is 7. The second kappa shape index (κ2) is 12.1. The number of aryl methyl sites for hydroxylation is 1. The fourth-order valence-corrected chi connectivity index (χ4v) is 8.28. The monoisotopic (exact) mass is 684 g/mol. The van der Waals surface area contributed by atoms with E-state index < -0.39 is 0 Å². The third-order valence-electron chi connectivity index (χ3n) is 10.8. The van der Waals surface area contributed by atoms with E-state index in [1.165, 1.54) is 62.5 Å². The van der Waals surface area contributed by atoms with E-state index in [1.54, 1.807) is 12.4 Å². The predicted molar refractivity (Wildman–Crippen MR) is 210 cm³/mol. The Morgan fingerprint density at radius 3 is 1.69 bits per heavy atom. The first-order valence-corrected chi connectivity index (χ1v) is 17.9. The third-order valence-corrected chi connectivity index (χ3v) is 10.8. The van der Waals surface area contributed by atoms with Crippen molar-refractivity contribution in [3.63, 3.8) is 0 Å². The van der Waals surface area contributed by atoms with Gasteiger partial charge in [0.25, 0.3) is 0 Å². The van der Waals surface area contributed by atoms with Crippen LogP contribution in [0.5, 0.6) is 0 Å². The summed E-state index contributed by atoms with van der Waals surface area (Å²) in [6.45, 7) is 9.18. The zero-order chi connectivity index (χ0) is 35.7. The second-order valence-corrected chi connectivity index (χ2v) is 14.8. The number of halogens is 2. The van der Waals surface area contributed by atoms with E-state index in [1.807, 2.05) is 60.7 Å². The van der Waals surface area contributed by atoms with Gasteiger partial charge in [-0.05, 0) is 148 Å². The first kappa shape index (κ1) is 32.1. The smallest absolute Gasteiger partial charge is 0.137 e.